The first-order valence-corrected chi connectivity index (χ1v) is 12.1. The van der Waals surface area contributed by atoms with Crippen molar-refractivity contribution in [3.05, 3.63) is 36.3 Å². The van der Waals surface area contributed by atoms with E-state index >= 15 is 0 Å². The minimum atomic E-state index is -1.71. The molecule has 1 saturated heterocycles. The molecule has 1 aliphatic carbocycles. The van der Waals surface area contributed by atoms with Gasteiger partial charge in [0.2, 0.25) is 5.95 Å². The van der Waals surface area contributed by atoms with Gasteiger partial charge in [0, 0.05) is 57.7 Å². The number of carbonyl (C=O) groups is 2. The van der Waals surface area contributed by atoms with Crippen molar-refractivity contribution in [2.24, 2.45) is 0 Å². The summed E-state index contributed by atoms with van der Waals surface area (Å²) in [5, 5.41) is 3.99. The van der Waals surface area contributed by atoms with Gasteiger partial charge in [-0.3, -0.25) is 9.59 Å². The normalized spacial score (nSPS) is 18.1. The molecule has 1 N–H and O–H groups in total. The summed E-state index contributed by atoms with van der Waals surface area (Å²) in [6.07, 6.45) is 8.60. The van der Waals surface area contributed by atoms with Crippen molar-refractivity contribution in [1.29, 1.82) is 0 Å². The Bertz CT molecular complexity index is 1230. The molecule has 9 nitrogen and oxygen atoms in total. The number of aldehydes is 1. The second-order valence-corrected chi connectivity index (χ2v) is 9.68. The minimum Gasteiger partial charge on any atom is -0.370 e. The first-order valence-electron chi connectivity index (χ1n) is 12.1. The Hall–Kier alpha value is -3.56. The van der Waals surface area contributed by atoms with Crippen molar-refractivity contribution in [3.63, 3.8) is 0 Å². The van der Waals surface area contributed by atoms with Crippen LogP contribution in [0, 0.1) is 0 Å². The van der Waals surface area contributed by atoms with Crippen molar-refractivity contribution < 1.29 is 14.0 Å². The molecule has 184 valence electrons. The quantitative estimate of drug-likeness (QED) is 0.536. The van der Waals surface area contributed by atoms with Gasteiger partial charge in [-0.2, -0.15) is 4.98 Å². The number of alkyl halides is 1. The highest BCUT2D eigenvalue weighted by Gasteiger charge is 2.34. The number of fused-ring (bicyclic) bond motifs is 1. The van der Waals surface area contributed by atoms with Crippen LogP contribution in [0.4, 0.5) is 21.8 Å². The molecule has 0 atom stereocenters. The fraction of sp³-hybridized carbons (Fsp3) is 0.480. The fourth-order valence-electron chi connectivity index (χ4n) is 5.01. The van der Waals surface area contributed by atoms with Crippen LogP contribution in [0.25, 0.3) is 11.0 Å². The molecule has 3 aromatic heterocycles. The van der Waals surface area contributed by atoms with Gasteiger partial charge in [-0.25, -0.2) is 14.4 Å². The summed E-state index contributed by atoms with van der Waals surface area (Å²) in [6.45, 7) is 0.936. The lowest BCUT2D eigenvalue weighted by molar-refractivity contribution is -0.119. The zero-order valence-corrected chi connectivity index (χ0v) is 20.1. The van der Waals surface area contributed by atoms with Gasteiger partial charge in [-0.05, 0) is 31.0 Å². The molecule has 1 aliphatic heterocycles. The number of piperidine rings is 1. The van der Waals surface area contributed by atoms with Gasteiger partial charge in [0.15, 0.2) is 12.0 Å². The van der Waals surface area contributed by atoms with E-state index in [1.165, 1.54) is 0 Å². The highest BCUT2D eigenvalue weighted by Crippen LogP contribution is 2.35. The number of pyridine rings is 1. The molecule has 35 heavy (non-hydrogen) atoms. The molecular weight excluding hydrogens is 449 g/mol. The van der Waals surface area contributed by atoms with Crippen LogP contribution in [-0.4, -0.2) is 69.5 Å². The SMILES string of the molecule is CN(C)C(=O)c1cc2cnc(Nc3ccc(N4CCC(F)(C=O)CC4)cn3)nc2n1C1CCCC1. The Morgan fingerprint density at radius 3 is 2.54 bits per heavy atom. The monoisotopic (exact) mass is 479 g/mol. The molecule has 0 unspecified atom stereocenters. The Morgan fingerprint density at radius 1 is 1.17 bits per heavy atom. The van der Waals surface area contributed by atoms with Crippen molar-refractivity contribution in [3.8, 4) is 0 Å². The molecule has 1 saturated carbocycles. The lowest BCUT2D eigenvalue weighted by Crippen LogP contribution is -2.42. The lowest BCUT2D eigenvalue weighted by atomic mass is 9.95. The largest absolute Gasteiger partial charge is 0.370 e. The first-order chi connectivity index (χ1) is 16.9. The molecule has 4 heterocycles. The van der Waals surface area contributed by atoms with E-state index in [0.29, 0.717) is 36.8 Å². The van der Waals surface area contributed by atoms with Crippen LogP contribution in [0.15, 0.2) is 30.6 Å². The Balaban J connectivity index is 1.37. The van der Waals surface area contributed by atoms with Crippen LogP contribution in [0.1, 0.15) is 55.1 Å². The van der Waals surface area contributed by atoms with Crippen molar-refractivity contribution in [2.75, 3.05) is 37.4 Å². The van der Waals surface area contributed by atoms with E-state index in [2.05, 4.69) is 19.9 Å². The van der Waals surface area contributed by atoms with E-state index in [-0.39, 0.29) is 24.8 Å². The average molecular weight is 480 g/mol. The molecule has 2 aliphatic rings. The lowest BCUT2D eigenvalue weighted by Gasteiger charge is -2.34. The molecule has 0 spiro atoms. The number of nitrogens with zero attached hydrogens (tertiary/aromatic N) is 6. The average Bonchev–Trinajstić information content (AvgIpc) is 3.52. The molecule has 5 rings (SSSR count). The summed E-state index contributed by atoms with van der Waals surface area (Å²) < 4.78 is 16.2. The Labute approximate surface area is 203 Å². The summed E-state index contributed by atoms with van der Waals surface area (Å²) in [5.74, 6) is 0.948. The summed E-state index contributed by atoms with van der Waals surface area (Å²) >= 11 is 0. The van der Waals surface area contributed by atoms with Crippen molar-refractivity contribution in [2.45, 2.75) is 50.2 Å². The van der Waals surface area contributed by atoms with Gasteiger partial charge in [-0.15, -0.1) is 0 Å². The van der Waals surface area contributed by atoms with E-state index < -0.39 is 5.67 Å². The molecular formula is C25H30FN7O2. The zero-order chi connectivity index (χ0) is 24.6. The molecule has 3 aromatic rings. The summed E-state index contributed by atoms with van der Waals surface area (Å²) in [7, 11) is 3.51. The third kappa shape index (κ3) is 4.56. The predicted molar refractivity (Wildman–Crippen MR) is 132 cm³/mol. The number of amides is 1. The maximum Gasteiger partial charge on any atom is 0.270 e. The van der Waals surface area contributed by atoms with Crippen LogP contribution in [-0.2, 0) is 4.79 Å². The zero-order valence-electron chi connectivity index (χ0n) is 20.1. The first kappa shape index (κ1) is 23.2. The third-order valence-corrected chi connectivity index (χ3v) is 7.05. The Kier molecular flexibility index (Phi) is 6.12. The summed E-state index contributed by atoms with van der Waals surface area (Å²) in [4.78, 5) is 41.1. The number of rotatable bonds is 6. The van der Waals surface area contributed by atoms with Gasteiger partial charge in [0.25, 0.3) is 5.91 Å². The summed E-state index contributed by atoms with van der Waals surface area (Å²) in [6, 6.07) is 5.87. The number of aromatic nitrogens is 4. The molecule has 0 aromatic carbocycles. The minimum absolute atomic E-state index is 0.0440. The van der Waals surface area contributed by atoms with Crippen LogP contribution < -0.4 is 10.2 Å². The van der Waals surface area contributed by atoms with Crippen molar-refractivity contribution in [1.82, 2.24) is 24.4 Å². The summed E-state index contributed by atoms with van der Waals surface area (Å²) in [5.41, 5.74) is 0.546. The topological polar surface area (TPSA) is 96.2 Å². The van der Waals surface area contributed by atoms with Gasteiger partial charge in [0.1, 0.15) is 17.2 Å². The molecule has 0 radical (unpaired) electrons. The third-order valence-electron chi connectivity index (χ3n) is 7.05. The smallest absolute Gasteiger partial charge is 0.270 e. The maximum atomic E-state index is 14.2. The number of carbonyl (C=O) groups excluding carboxylic acids is 2. The second-order valence-electron chi connectivity index (χ2n) is 9.68. The predicted octanol–water partition coefficient (Wildman–Crippen LogP) is 3.89. The van der Waals surface area contributed by atoms with Gasteiger partial charge in [0.05, 0.1) is 11.9 Å². The van der Waals surface area contributed by atoms with E-state index in [4.69, 9.17) is 4.98 Å². The number of halogens is 1. The second kappa shape index (κ2) is 9.24. The highest BCUT2D eigenvalue weighted by atomic mass is 19.1. The van der Waals surface area contributed by atoms with E-state index in [1.54, 1.807) is 31.4 Å². The molecule has 0 bridgehead atoms. The maximum absolute atomic E-state index is 14.2. The standard InChI is InChI=1S/C25H30FN7O2/c1-31(2)23(35)20-13-17-14-28-24(30-22(17)33(20)18-5-3-4-6-18)29-21-8-7-19(15-27-21)32-11-9-25(26,16-34)10-12-32/h7-8,13-16,18H,3-6,9-12H2,1-2H3,(H,27,28,29,30). The van der Waals surface area contributed by atoms with E-state index in [9.17, 15) is 14.0 Å². The molecule has 2 fully saturated rings. The van der Waals surface area contributed by atoms with Crippen LogP contribution in [0.2, 0.25) is 0 Å². The van der Waals surface area contributed by atoms with Crippen molar-refractivity contribution >= 4 is 40.7 Å². The van der Waals surface area contributed by atoms with Gasteiger partial charge >= 0.3 is 0 Å². The Morgan fingerprint density at radius 2 is 1.91 bits per heavy atom. The highest BCUT2D eigenvalue weighted by molar-refractivity contribution is 5.97. The van der Waals surface area contributed by atoms with Crippen LogP contribution in [0.3, 0.4) is 0 Å². The van der Waals surface area contributed by atoms with Gasteiger partial charge < -0.3 is 19.7 Å². The van der Waals surface area contributed by atoms with Gasteiger partial charge in [-0.1, -0.05) is 12.8 Å². The van der Waals surface area contributed by atoms with E-state index in [1.807, 2.05) is 23.1 Å². The van der Waals surface area contributed by atoms with Crippen LogP contribution in [0.5, 0.6) is 0 Å². The fourth-order valence-corrected chi connectivity index (χ4v) is 5.01. The number of hydrogen-bond donors (Lipinski definition) is 1. The number of hydrogen-bond acceptors (Lipinski definition) is 7. The molecule has 1 amide bonds. The van der Waals surface area contributed by atoms with E-state index in [0.717, 1.165) is 42.4 Å². The van der Waals surface area contributed by atoms with Crippen LogP contribution >= 0.6 is 0 Å². The number of nitrogens with one attached hydrogen (secondary N) is 1. The molecule has 10 heteroatoms. The number of anilines is 3.